The number of nitrogens with one attached hydrogen (secondary N) is 2. The summed E-state index contributed by atoms with van der Waals surface area (Å²) in [4.78, 5) is 17.7. The number of hydrogen-bond donors (Lipinski definition) is 2. The Morgan fingerprint density at radius 1 is 1.26 bits per heavy atom. The molecule has 0 saturated carbocycles. The molecule has 7 nitrogen and oxygen atoms in total. The lowest BCUT2D eigenvalue weighted by molar-refractivity contribution is -0.387. The van der Waals surface area contributed by atoms with Crippen LogP contribution in [0.25, 0.3) is 0 Å². The fourth-order valence-corrected chi connectivity index (χ4v) is 1.44. The van der Waals surface area contributed by atoms with Gasteiger partial charge in [0.05, 0.1) is 4.92 Å². The first-order valence-corrected chi connectivity index (χ1v) is 5.31. The van der Waals surface area contributed by atoms with E-state index in [-0.39, 0.29) is 0 Å². The topological polar surface area (TPSA) is 93.0 Å². The molecule has 0 aliphatic carbocycles. The molecule has 0 bridgehead atoms. The summed E-state index contributed by atoms with van der Waals surface area (Å²) in [5, 5.41) is 16.3. The van der Waals surface area contributed by atoms with Crippen molar-refractivity contribution in [3.05, 3.63) is 46.5 Å². The summed E-state index contributed by atoms with van der Waals surface area (Å²) in [6.07, 6.45) is 1.34. The summed E-state index contributed by atoms with van der Waals surface area (Å²) < 4.78 is 13.2. The quantitative estimate of drug-likeness (QED) is 0.649. The second-order valence-corrected chi connectivity index (χ2v) is 3.59. The Kier molecular flexibility index (Phi) is 3.51. The van der Waals surface area contributed by atoms with Gasteiger partial charge in [-0.1, -0.05) is 0 Å². The molecule has 2 N–H and O–H groups in total. The minimum absolute atomic E-state index is 0.369. The fraction of sp³-hybridized carbons (Fsp3) is 0.0909. The highest BCUT2D eigenvalue weighted by molar-refractivity contribution is 5.61. The van der Waals surface area contributed by atoms with E-state index >= 15 is 0 Å². The minimum Gasteiger partial charge on any atom is -0.373 e. The summed E-state index contributed by atoms with van der Waals surface area (Å²) >= 11 is 0. The number of benzene rings is 1. The first kappa shape index (κ1) is 12.7. The lowest BCUT2D eigenvalue weighted by Gasteiger charge is -2.06. The number of halogens is 1. The highest BCUT2D eigenvalue weighted by atomic mass is 19.1. The number of anilines is 3. The van der Waals surface area contributed by atoms with Crippen molar-refractivity contribution < 1.29 is 9.31 Å². The Hall–Kier alpha value is -2.77. The van der Waals surface area contributed by atoms with Crippen LogP contribution >= 0.6 is 0 Å². The molecule has 2 rings (SSSR count). The maximum absolute atomic E-state index is 13.2. The van der Waals surface area contributed by atoms with Crippen molar-refractivity contribution >= 4 is 23.0 Å². The Labute approximate surface area is 107 Å². The standard InChI is InChI=1S/C11H10FN5O2/c1-13-10-5-11(15-6-14-10)16-7-2-3-8(12)9(4-7)17(18)19/h2-6H,1H3,(H2,13,14,15,16). The number of aromatic nitrogens is 2. The van der Waals surface area contributed by atoms with Crippen molar-refractivity contribution in [2.24, 2.45) is 0 Å². The third-order valence-electron chi connectivity index (χ3n) is 2.34. The molecule has 19 heavy (non-hydrogen) atoms. The smallest absolute Gasteiger partial charge is 0.306 e. The number of nitrogens with zero attached hydrogens (tertiary/aromatic N) is 3. The van der Waals surface area contributed by atoms with Gasteiger partial charge in [-0.15, -0.1) is 0 Å². The van der Waals surface area contributed by atoms with Crippen molar-refractivity contribution in [1.29, 1.82) is 0 Å². The number of hydrogen-bond acceptors (Lipinski definition) is 6. The average Bonchev–Trinajstić information content (AvgIpc) is 2.41. The number of nitro benzene ring substituents is 1. The van der Waals surface area contributed by atoms with Crippen molar-refractivity contribution in [3.8, 4) is 0 Å². The normalized spacial score (nSPS) is 10.0. The molecule has 0 radical (unpaired) electrons. The molecule has 0 fully saturated rings. The molecule has 0 saturated heterocycles. The molecular formula is C11H10FN5O2. The van der Waals surface area contributed by atoms with Crippen molar-refractivity contribution in [3.63, 3.8) is 0 Å². The Balaban J connectivity index is 2.28. The van der Waals surface area contributed by atoms with Crippen molar-refractivity contribution in [1.82, 2.24) is 9.97 Å². The van der Waals surface area contributed by atoms with Gasteiger partial charge in [-0.3, -0.25) is 10.1 Å². The van der Waals surface area contributed by atoms with Gasteiger partial charge in [-0.05, 0) is 12.1 Å². The van der Waals surface area contributed by atoms with Gasteiger partial charge >= 0.3 is 5.69 Å². The predicted octanol–water partition coefficient (Wildman–Crippen LogP) is 2.31. The van der Waals surface area contributed by atoms with Crippen LogP contribution in [0.2, 0.25) is 0 Å². The molecule has 98 valence electrons. The highest BCUT2D eigenvalue weighted by Crippen LogP contribution is 2.24. The molecule has 0 aliphatic heterocycles. The van der Waals surface area contributed by atoms with E-state index in [0.29, 0.717) is 17.3 Å². The maximum Gasteiger partial charge on any atom is 0.306 e. The van der Waals surface area contributed by atoms with E-state index < -0.39 is 16.4 Å². The average molecular weight is 263 g/mol. The van der Waals surface area contributed by atoms with E-state index in [1.165, 1.54) is 12.4 Å². The number of nitro groups is 1. The highest BCUT2D eigenvalue weighted by Gasteiger charge is 2.14. The molecule has 0 unspecified atom stereocenters. The third-order valence-corrected chi connectivity index (χ3v) is 2.34. The maximum atomic E-state index is 13.2. The molecule has 8 heteroatoms. The predicted molar refractivity (Wildman–Crippen MR) is 67.9 cm³/mol. The van der Waals surface area contributed by atoms with E-state index in [0.717, 1.165) is 12.1 Å². The van der Waals surface area contributed by atoms with Crippen LogP contribution in [-0.4, -0.2) is 21.9 Å². The largest absolute Gasteiger partial charge is 0.373 e. The molecule has 2 aromatic rings. The van der Waals surface area contributed by atoms with E-state index in [2.05, 4.69) is 20.6 Å². The van der Waals surface area contributed by atoms with Crippen LogP contribution in [0.5, 0.6) is 0 Å². The van der Waals surface area contributed by atoms with Crippen LogP contribution < -0.4 is 10.6 Å². The Morgan fingerprint density at radius 3 is 2.68 bits per heavy atom. The molecule has 0 spiro atoms. The van der Waals surface area contributed by atoms with Gasteiger partial charge in [0.2, 0.25) is 5.82 Å². The zero-order valence-corrected chi connectivity index (χ0v) is 9.92. The monoisotopic (exact) mass is 263 g/mol. The second kappa shape index (κ2) is 5.25. The van der Waals surface area contributed by atoms with E-state index in [4.69, 9.17) is 0 Å². The summed E-state index contributed by atoms with van der Waals surface area (Å²) in [7, 11) is 1.70. The fourth-order valence-electron chi connectivity index (χ4n) is 1.44. The van der Waals surface area contributed by atoms with Crippen LogP contribution in [0.1, 0.15) is 0 Å². The summed E-state index contributed by atoms with van der Waals surface area (Å²) in [6.45, 7) is 0. The molecule has 1 heterocycles. The van der Waals surface area contributed by atoms with E-state index in [9.17, 15) is 14.5 Å². The SMILES string of the molecule is CNc1cc(Nc2ccc(F)c([N+](=O)[O-])c2)ncn1. The van der Waals surface area contributed by atoms with Crippen LogP contribution in [0.3, 0.4) is 0 Å². The summed E-state index contributed by atoms with van der Waals surface area (Å²) in [5.74, 6) is 0.156. The van der Waals surface area contributed by atoms with E-state index in [1.54, 1.807) is 13.1 Å². The van der Waals surface area contributed by atoms with Crippen LogP contribution in [0.15, 0.2) is 30.6 Å². The lowest BCUT2D eigenvalue weighted by atomic mass is 10.2. The molecular weight excluding hydrogens is 253 g/mol. The molecule has 0 atom stereocenters. The van der Waals surface area contributed by atoms with Gasteiger partial charge in [-0.25, -0.2) is 9.97 Å². The second-order valence-electron chi connectivity index (χ2n) is 3.59. The van der Waals surface area contributed by atoms with Crippen LogP contribution in [0, 0.1) is 15.9 Å². The first-order valence-electron chi connectivity index (χ1n) is 5.31. The van der Waals surface area contributed by atoms with Crippen molar-refractivity contribution in [2.45, 2.75) is 0 Å². The van der Waals surface area contributed by atoms with Gasteiger partial charge in [-0.2, -0.15) is 4.39 Å². The first-order chi connectivity index (χ1) is 9.10. The molecule has 0 amide bonds. The molecule has 1 aromatic heterocycles. The Morgan fingerprint density at radius 2 is 2.00 bits per heavy atom. The summed E-state index contributed by atoms with van der Waals surface area (Å²) in [5.41, 5.74) is -0.221. The van der Waals surface area contributed by atoms with Gasteiger partial charge in [0.1, 0.15) is 18.0 Å². The zero-order chi connectivity index (χ0) is 13.8. The molecule has 1 aromatic carbocycles. The van der Waals surface area contributed by atoms with Gasteiger partial charge in [0.15, 0.2) is 0 Å². The third kappa shape index (κ3) is 2.92. The zero-order valence-electron chi connectivity index (χ0n) is 9.92. The van der Waals surface area contributed by atoms with Gasteiger partial charge < -0.3 is 10.6 Å². The summed E-state index contributed by atoms with van der Waals surface area (Å²) in [6, 6.07) is 5.15. The minimum atomic E-state index is -0.880. The lowest BCUT2D eigenvalue weighted by Crippen LogP contribution is -1.99. The van der Waals surface area contributed by atoms with Crippen molar-refractivity contribution in [2.75, 3.05) is 17.7 Å². The molecule has 0 aliphatic rings. The number of rotatable bonds is 4. The van der Waals surface area contributed by atoms with Gasteiger partial charge in [0.25, 0.3) is 0 Å². The van der Waals surface area contributed by atoms with Gasteiger partial charge in [0, 0.05) is 24.9 Å². The van der Waals surface area contributed by atoms with Crippen LogP contribution in [0.4, 0.5) is 27.4 Å². The van der Waals surface area contributed by atoms with Crippen LogP contribution in [-0.2, 0) is 0 Å². The Bertz CT molecular complexity index is 620. The van der Waals surface area contributed by atoms with E-state index in [1.807, 2.05) is 0 Å².